The minimum absolute atomic E-state index is 0.138. The molecule has 0 radical (unpaired) electrons. The summed E-state index contributed by atoms with van der Waals surface area (Å²) in [5.74, 6) is 0.426. The van der Waals surface area contributed by atoms with Crippen molar-refractivity contribution in [2.24, 2.45) is 0 Å². The molecule has 24 heavy (non-hydrogen) atoms. The highest BCUT2D eigenvalue weighted by atomic mass is 35.5. The predicted molar refractivity (Wildman–Crippen MR) is 92.7 cm³/mol. The van der Waals surface area contributed by atoms with Crippen LogP contribution in [0.1, 0.15) is 6.92 Å². The van der Waals surface area contributed by atoms with Gasteiger partial charge in [-0.25, -0.2) is 4.39 Å². The number of amides is 1. The topological polar surface area (TPSA) is 59.6 Å². The van der Waals surface area contributed by atoms with E-state index >= 15 is 0 Å². The molecule has 1 atom stereocenters. The monoisotopic (exact) mass is 352 g/mol. The van der Waals surface area contributed by atoms with Gasteiger partial charge >= 0.3 is 0 Å². The standard InChI is InChI=1S/C17H18ClFN2O3/c1-10(17(22)21-16-5-4-11(19)6-15(16)18)20-12-7-13(23-2)9-14(8-12)24-3/h4-10,20H,1-3H3,(H,21,22). The van der Waals surface area contributed by atoms with Crippen LogP contribution >= 0.6 is 11.6 Å². The second-order valence-corrected chi connectivity index (χ2v) is 5.49. The number of ether oxygens (including phenoxy) is 2. The third kappa shape index (κ3) is 4.52. The van der Waals surface area contributed by atoms with Crippen molar-refractivity contribution < 1.29 is 18.7 Å². The van der Waals surface area contributed by atoms with Crippen LogP contribution in [-0.4, -0.2) is 26.2 Å². The lowest BCUT2D eigenvalue weighted by molar-refractivity contribution is -0.116. The van der Waals surface area contributed by atoms with Crippen LogP contribution in [0.2, 0.25) is 5.02 Å². The van der Waals surface area contributed by atoms with E-state index in [4.69, 9.17) is 21.1 Å². The number of carbonyl (C=O) groups is 1. The molecule has 0 aromatic heterocycles. The zero-order valence-electron chi connectivity index (χ0n) is 13.5. The first kappa shape index (κ1) is 17.9. The van der Waals surface area contributed by atoms with Gasteiger partial charge in [0.1, 0.15) is 23.4 Å². The Balaban J connectivity index is 2.08. The maximum atomic E-state index is 13.0. The Bertz CT molecular complexity index is 718. The Hall–Kier alpha value is -2.47. The first-order valence-corrected chi connectivity index (χ1v) is 7.56. The average molecular weight is 353 g/mol. The van der Waals surface area contributed by atoms with Crippen LogP contribution in [0.3, 0.4) is 0 Å². The number of benzene rings is 2. The summed E-state index contributed by atoms with van der Waals surface area (Å²) in [5, 5.41) is 5.84. The van der Waals surface area contributed by atoms with Crippen molar-refractivity contribution in [2.45, 2.75) is 13.0 Å². The smallest absolute Gasteiger partial charge is 0.246 e. The molecule has 0 aliphatic heterocycles. The summed E-state index contributed by atoms with van der Waals surface area (Å²) in [6, 6.07) is 8.44. The van der Waals surface area contributed by atoms with Crippen molar-refractivity contribution in [1.82, 2.24) is 0 Å². The van der Waals surface area contributed by atoms with Gasteiger partial charge < -0.3 is 20.1 Å². The fraction of sp³-hybridized carbons (Fsp3) is 0.235. The molecule has 2 aromatic rings. The first-order chi connectivity index (χ1) is 11.4. The molecule has 0 aliphatic rings. The van der Waals surface area contributed by atoms with Crippen molar-refractivity contribution in [2.75, 3.05) is 24.9 Å². The van der Waals surface area contributed by atoms with E-state index in [9.17, 15) is 9.18 Å². The molecule has 2 N–H and O–H groups in total. The first-order valence-electron chi connectivity index (χ1n) is 7.18. The molecule has 128 valence electrons. The van der Waals surface area contributed by atoms with Gasteiger partial charge in [-0.3, -0.25) is 4.79 Å². The van der Waals surface area contributed by atoms with Gasteiger partial charge in [0, 0.05) is 23.9 Å². The van der Waals surface area contributed by atoms with Crippen LogP contribution < -0.4 is 20.1 Å². The summed E-state index contributed by atoms with van der Waals surface area (Å²) >= 11 is 5.91. The van der Waals surface area contributed by atoms with Gasteiger partial charge in [0.25, 0.3) is 0 Å². The van der Waals surface area contributed by atoms with Gasteiger partial charge in [0.2, 0.25) is 5.91 Å². The minimum Gasteiger partial charge on any atom is -0.497 e. The molecular formula is C17H18ClFN2O3. The normalized spacial score (nSPS) is 11.5. The number of methoxy groups -OCH3 is 2. The molecule has 0 fully saturated rings. The van der Waals surface area contributed by atoms with Crippen LogP contribution in [0, 0.1) is 5.82 Å². The van der Waals surface area contributed by atoms with E-state index in [2.05, 4.69) is 10.6 Å². The quantitative estimate of drug-likeness (QED) is 0.826. The fourth-order valence-corrected chi connectivity index (χ4v) is 2.25. The molecule has 1 amide bonds. The van der Waals surface area contributed by atoms with Crippen molar-refractivity contribution in [3.05, 3.63) is 47.2 Å². The van der Waals surface area contributed by atoms with Crippen LogP contribution in [-0.2, 0) is 4.79 Å². The van der Waals surface area contributed by atoms with Crippen molar-refractivity contribution >= 4 is 28.9 Å². The molecule has 0 aliphatic carbocycles. The number of hydrogen-bond donors (Lipinski definition) is 2. The lowest BCUT2D eigenvalue weighted by Crippen LogP contribution is -2.32. The number of nitrogens with one attached hydrogen (secondary N) is 2. The molecule has 5 nitrogen and oxygen atoms in total. The van der Waals surface area contributed by atoms with E-state index in [1.165, 1.54) is 12.1 Å². The average Bonchev–Trinajstić information content (AvgIpc) is 2.56. The molecule has 0 bridgehead atoms. The second kappa shape index (κ2) is 7.88. The third-order valence-corrected chi connectivity index (χ3v) is 3.63. The molecular weight excluding hydrogens is 335 g/mol. The fourth-order valence-electron chi connectivity index (χ4n) is 2.04. The van der Waals surface area contributed by atoms with E-state index in [0.29, 0.717) is 22.9 Å². The SMILES string of the molecule is COc1cc(NC(C)C(=O)Nc2ccc(F)cc2Cl)cc(OC)c1. The summed E-state index contributed by atoms with van der Waals surface area (Å²) in [7, 11) is 3.09. The number of anilines is 2. The lowest BCUT2D eigenvalue weighted by Gasteiger charge is -2.17. The van der Waals surface area contributed by atoms with Crippen molar-refractivity contribution in [3.8, 4) is 11.5 Å². The molecule has 2 aromatic carbocycles. The Labute approximate surface area is 144 Å². The van der Waals surface area contributed by atoms with Gasteiger partial charge in [0.05, 0.1) is 24.9 Å². The Morgan fingerprint density at radius 3 is 2.29 bits per heavy atom. The zero-order valence-corrected chi connectivity index (χ0v) is 14.3. The Kier molecular flexibility index (Phi) is 5.87. The largest absolute Gasteiger partial charge is 0.497 e. The molecule has 0 heterocycles. The summed E-state index contributed by atoms with van der Waals surface area (Å²) < 4.78 is 23.4. The van der Waals surface area contributed by atoms with Gasteiger partial charge in [-0.2, -0.15) is 0 Å². The summed E-state index contributed by atoms with van der Waals surface area (Å²) in [6.45, 7) is 1.69. The Morgan fingerprint density at radius 2 is 1.75 bits per heavy atom. The highest BCUT2D eigenvalue weighted by molar-refractivity contribution is 6.33. The van der Waals surface area contributed by atoms with E-state index in [0.717, 1.165) is 6.07 Å². The van der Waals surface area contributed by atoms with Crippen LogP contribution in [0.4, 0.5) is 15.8 Å². The third-order valence-electron chi connectivity index (χ3n) is 3.32. The lowest BCUT2D eigenvalue weighted by atomic mass is 10.2. The maximum absolute atomic E-state index is 13.0. The summed E-state index contributed by atoms with van der Waals surface area (Å²) in [5.41, 5.74) is 1.01. The summed E-state index contributed by atoms with van der Waals surface area (Å²) in [6.07, 6.45) is 0. The molecule has 0 saturated carbocycles. The highest BCUT2D eigenvalue weighted by Gasteiger charge is 2.15. The van der Waals surface area contributed by atoms with Gasteiger partial charge in [0.15, 0.2) is 0 Å². The van der Waals surface area contributed by atoms with Crippen molar-refractivity contribution in [3.63, 3.8) is 0 Å². The molecule has 0 saturated heterocycles. The second-order valence-electron chi connectivity index (χ2n) is 5.08. The van der Waals surface area contributed by atoms with Crippen LogP contribution in [0.5, 0.6) is 11.5 Å². The minimum atomic E-state index is -0.567. The molecule has 2 rings (SSSR count). The number of rotatable bonds is 6. The number of hydrogen-bond acceptors (Lipinski definition) is 4. The Morgan fingerprint density at radius 1 is 1.12 bits per heavy atom. The molecule has 1 unspecified atom stereocenters. The van der Waals surface area contributed by atoms with E-state index in [1.807, 2.05) is 0 Å². The van der Waals surface area contributed by atoms with Crippen LogP contribution in [0.25, 0.3) is 0 Å². The van der Waals surface area contributed by atoms with E-state index < -0.39 is 11.9 Å². The number of halogens is 2. The predicted octanol–water partition coefficient (Wildman–Crippen LogP) is 3.94. The highest BCUT2D eigenvalue weighted by Crippen LogP contribution is 2.27. The van der Waals surface area contributed by atoms with E-state index in [-0.39, 0.29) is 10.9 Å². The van der Waals surface area contributed by atoms with E-state index in [1.54, 1.807) is 39.3 Å². The van der Waals surface area contributed by atoms with Gasteiger partial charge in [-0.05, 0) is 25.1 Å². The number of carbonyl (C=O) groups excluding carboxylic acids is 1. The van der Waals surface area contributed by atoms with Crippen LogP contribution in [0.15, 0.2) is 36.4 Å². The maximum Gasteiger partial charge on any atom is 0.246 e. The zero-order chi connectivity index (χ0) is 17.7. The van der Waals surface area contributed by atoms with Gasteiger partial charge in [-0.1, -0.05) is 11.6 Å². The molecule has 0 spiro atoms. The summed E-state index contributed by atoms with van der Waals surface area (Å²) in [4.78, 5) is 12.3. The van der Waals surface area contributed by atoms with Gasteiger partial charge in [-0.15, -0.1) is 0 Å². The van der Waals surface area contributed by atoms with Crippen molar-refractivity contribution in [1.29, 1.82) is 0 Å². The molecule has 7 heteroatoms.